The third-order valence-electron chi connectivity index (χ3n) is 5.52. The van der Waals surface area contributed by atoms with Gasteiger partial charge in [-0.05, 0) is 72.1 Å². The topological polar surface area (TPSA) is 24.9 Å². The van der Waals surface area contributed by atoms with Crippen LogP contribution in [0, 0.1) is 11.8 Å². The molecule has 0 spiro atoms. The molecule has 1 N–H and O–H groups in total. The van der Waals surface area contributed by atoms with E-state index in [9.17, 15) is 0 Å². The van der Waals surface area contributed by atoms with Crippen molar-refractivity contribution in [2.45, 2.75) is 32.2 Å². The molecule has 1 aliphatic rings. The van der Waals surface area contributed by atoms with Gasteiger partial charge in [0.1, 0.15) is 0 Å². The molecule has 1 saturated carbocycles. The Kier molecular flexibility index (Phi) is 5.01. The summed E-state index contributed by atoms with van der Waals surface area (Å²) in [6.45, 7) is 2.38. The Balaban J connectivity index is 0.00000210. The summed E-state index contributed by atoms with van der Waals surface area (Å²) in [5.74, 6) is 1.48. The number of para-hydroxylation sites is 1. The van der Waals surface area contributed by atoms with E-state index in [4.69, 9.17) is 0 Å². The molecule has 1 heterocycles. The molecule has 132 valence electrons. The molecule has 0 amide bonds. The van der Waals surface area contributed by atoms with E-state index in [0.29, 0.717) is 12.0 Å². The summed E-state index contributed by atoms with van der Waals surface area (Å²) in [5.41, 5.74) is 5.16. The van der Waals surface area contributed by atoms with Gasteiger partial charge in [-0.15, -0.1) is 0 Å². The number of nitrogens with zero attached hydrogens (tertiary/aromatic N) is 1. The number of hydrogen-bond donors (Lipinski definition) is 1. The zero-order valence-electron chi connectivity index (χ0n) is 16.3. The highest BCUT2D eigenvalue weighted by atomic mass is 14.9. The van der Waals surface area contributed by atoms with E-state index < -0.39 is 0 Å². The normalized spacial score (nSPS) is 22.3. The largest absolute Gasteiger partial charge is 1.00 e. The van der Waals surface area contributed by atoms with Crippen molar-refractivity contribution in [1.29, 1.82) is 0 Å². The van der Waals surface area contributed by atoms with Crippen molar-refractivity contribution >= 4 is 5.69 Å². The SMILES string of the molecule is CC1CC(Cc2ccc(-c3ccncc3)cc2)C(Nc2ccccc2)C1.[H+]. The van der Waals surface area contributed by atoms with Crippen molar-refractivity contribution in [3.63, 3.8) is 0 Å². The average molecular weight is 343 g/mol. The van der Waals surface area contributed by atoms with Crippen LogP contribution in [0.25, 0.3) is 11.1 Å². The van der Waals surface area contributed by atoms with Crippen LogP contribution < -0.4 is 5.32 Å². The highest BCUT2D eigenvalue weighted by Gasteiger charge is 2.31. The van der Waals surface area contributed by atoms with Gasteiger partial charge in [0.05, 0.1) is 0 Å². The third-order valence-corrected chi connectivity index (χ3v) is 5.52. The lowest BCUT2D eigenvalue weighted by Crippen LogP contribution is -2.25. The van der Waals surface area contributed by atoms with Gasteiger partial charge < -0.3 is 5.32 Å². The van der Waals surface area contributed by atoms with Gasteiger partial charge in [-0.25, -0.2) is 0 Å². The van der Waals surface area contributed by atoms with Gasteiger partial charge in [-0.1, -0.05) is 49.4 Å². The minimum absolute atomic E-state index is 0. The van der Waals surface area contributed by atoms with Crippen molar-refractivity contribution in [3.8, 4) is 11.1 Å². The zero-order valence-corrected chi connectivity index (χ0v) is 15.3. The number of rotatable bonds is 5. The van der Waals surface area contributed by atoms with Gasteiger partial charge in [0.2, 0.25) is 0 Å². The fourth-order valence-corrected chi connectivity index (χ4v) is 4.23. The molecule has 0 bridgehead atoms. The van der Waals surface area contributed by atoms with E-state index >= 15 is 0 Å². The summed E-state index contributed by atoms with van der Waals surface area (Å²) in [5, 5.41) is 3.77. The van der Waals surface area contributed by atoms with E-state index in [1.807, 2.05) is 12.4 Å². The van der Waals surface area contributed by atoms with Crippen LogP contribution in [0.1, 0.15) is 26.8 Å². The molecule has 0 radical (unpaired) electrons. The van der Waals surface area contributed by atoms with Crippen LogP contribution in [0.2, 0.25) is 0 Å². The summed E-state index contributed by atoms with van der Waals surface area (Å²) in [7, 11) is 0. The molecule has 1 aromatic heterocycles. The van der Waals surface area contributed by atoms with E-state index in [2.05, 4.69) is 84.0 Å². The first-order valence-electron chi connectivity index (χ1n) is 9.59. The van der Waals surface area contributed by atoms with Crippen LogP contribution in [-0.2, 0) is 6.42 Å². The van der Waals surface area contributed by atoms with E-state index in [1.165, 1.54) is 35.2 Å². The molecule has 4 rings (SSSR count). The second-order valence-electron chi connectivity index (χ2n) is 7.59. The molecule has 2 heteroatoms. The number of pyridine rings is 1. The second-order valence-corrected chi connectivity index (χ2v) is 7.59. The van der Waals surface area contributed by atoms with Gasteiger partial charge in [0, 0.05) is 24.1 Å². The van der Waals surface area contributed by atoms with Crippen LogP contribution in [0.5, 0.6) is 0 Å². The number of nitrogens with one attached hydrogen (secondary N) is 1. The highest BCUT2D eigenvalue weighted by molar-refractivity contribution is 5.62. The van der Waals surface area contributed by atoms with Crippen molar-refractivity contribution in [2.24, 2.45) is 11.8 Å². The fourth-order valence-electron chi connectivity index (χ4n) is 4.23. The summed E-state index contributed by atoms with van der Waals surface area (Å²) in [4.78, 5) is 4.10. The molecule has 3 aromatic rings. The Hall–Kier alpha value is -2.61. The maximum atomic E-state index is 4.10. The predicted octanol–water partition coefficient (Wildman–Crippen LogP) is 5.93. The van der Waals surface area contributed by atoms with Crippen LogP contribution in [0.15, 0.2) is 79.1 Å². The molecular formula is C24H27N2+. The first kappa shape index (κ1) is 16.8. The monoisotopic (exact) mass is 343 g/mol. The van der Waals surface area contributed by atoms with Crippen molar-refractivity contribution in [3.05, 3.63) is 84.7 Å². The molecule has 1 aliphatic carbocycles. The Bertz CT molecular complexity index is 818. The van der Waals surface area contributed by atoms with E-state index in [-0.39, 0.29) is 1.43 Å². The Morgan fingerprint density at radius 1 is 0.885 bits per heavy atom. The zero-order chi connectivity index (χ0) is 17.8. The highest BCUT2D eigenvalue weighted by Crippen LogP contribution is 2.35. The minimum Gasteiger partial charge on any atom is -0.382 e. The average Bonchev–Trinajstić information content (AvgIpc) is 3.02. The predicted molar refractivity (Wildman–Crippen MR) is 110 cm³/mol. The first-order chi connectivity index (χ1) is 12.8. The van der Waals surface area contributed by atoms with Crippen molar-refractivity contribution in [2.75, 3.05) is 5.32 Å². The molecule has 2 nitrogen and oxygen atoms in total. The standard InChI is InChI=1S/C24H26N2/c1-18-15-22(24(16-18)26-23-5-3-2-4-6-23)17-19-7-9-20(10-8-19)21-11-13-25-14-12-21/h2-14,18,22,24,26H,15-17H2,1H3/p+1. The van der Waals surface area contributed by atoms with Gasteiger partial charge in [0.25, 0.3) is 0 Å². The van der Waals surface area contributed by atoms with Gasteiger partial charge in [-0.2, -0.15) is 0 Å². The van der Waals surface area contributed by atoms with Crippen LogP contribution in [0.4, 0.5) is 5.69 Å². The Labute approximate surface area is 157 Å². The Morgan fingerprint density at radius 3 is 2.31 bits per heavy atom. The summed E-state index contributed by atoms with van der Waals surface area (Å²) in [6, 6.07) is 24.4. The summed E-state index contributed by atoms with van der Waals surface area (Å²) in [6.07, 6.45) is 7.41. The number of anilines is 1. The molecule has 0 aliphatic heterocycles. The Morgan fingerprint density at radius 2 is 1.58 bits per heavy atom. The first-order valence-corrected chi connectivity index (χ1v) is 9.59. The number of aromatic nitrogens is 1. The smallest absolute Gasteiger partial charge is 0.382 e. The van der Waals surface area contributed by atoms with Gasteiger partial charge >= 0.3 is 1.43 Å². The van der Waals surface area contributed by atoms with Gasteiger partial charge in [0.15, 0.2) is 0 Å². The van der Waals surface area contributed by atoms with Crippen LogP contribution in [0.3, 0.4) is 0 Å². The van der Waals surface area contributed by atoms with Crippen molar-refractivity contribution < 1.29 is 1.43 Å². The lowest BCUT2D eigenvalue weighted by molar-refractivity contribution is 0.490. The molecule has 3 atom stereocenters. The lowest BCUT2D eigenvalue weighted by Gasteiger charge is -2.22. The molecule has 26 heavy (non-hydrogen) atoms. The summed E-state index contributed by atoms with van der Waals surface area (Å²) < 4.78 is 0. The van der Waals surface area contributed by atoms with E-state index in [1.54, 1.807) is 0 Å². The van der Waals surface area contributed by atoms with E-state index in [0.717, 1.165) is 12.3 Å². The molecule has 1 fully saturated rings. The maximum Gasteiger partial charge on any atom is 1.00 e. The summed E-state index contributed by atoms with van der Waals surface area (Å²) >= 11 is 0. The number of benzene rings is 2. The number of hydrogen-bond acceptors (Lipinski definition) is 2. The maximum absolute atomic E-state index is 4.10. The molecule has 2 aromatic carbocycles. The second kappa shape index (κ2) is 7.74. The lowest BCUT2D eigenvalue weighted by atomic mass is 9.93. The minimum atomic E-state index is 0. The molecular weight excluding hydrogens is 316 g/mol. The molecule has 0 saturated heterocycles. The van der Waals surface area contributed by atoms with Crippen molar-refractivity contribution in [1.82, 2.24) is 4.98 Å². The van der Waals surface area contributed by atoms with Crippen LogP contribution >= 0.6 is 0 Å². The fraction of sp³-hybridized carbons (Fsp3) is 0.292. The quantitative estimate of drug-likeness (QED) is 0.621. The third kappa shape index (κ3) is 3.96. The van der Waals surface area contributed by atoms with Gasteiger partial charge in [-0.3, -0.25) is 4.98 Å². The molecule has 3 unspecified atom stereocenters. The van der Waals surface area contributed by atoms with Crippen LogP contribution in [-0.4, -0.2) is 11.0 Å².